The van der Waals surface area contributed by atoms with Gasteiger partial charge >= 0.3 is 0 Å². The Kier molecular flexibility index (Phi) is 4.19. The molecule has 1 aromatic rings. The van der Waals surface area contributed by atoms with Gasteiger partial charge in [-0.2, -0.15) is 16.1 Å². The predicted octanol–water partition coefficient (Wildman–Crippen LogP) is 1.70. The van der Waals surface area contributed by atoms with Crippen LogP contribution in [-0.2, 0) is 10.0 Å². The fourth-order valence-electron chi connectivity index (χ4n) is 1.92. The van der Waals surface area contributed by atoms with Gasteiger partial charge in [0, 0.05) is 24.5 Å². The van der Waals surface area contributed by atoms with E-state index >= 15 is 0 Å². The molecule has 1 aliphatic rings. The van der Waals surface area contributed by atoms with Crippen LogP contribution in [0.2, 0.25) is 0 Å². The molecule has 0 spiro atoms. The van der Waals surface area contributed by atoms with Gasteiger partial charge in [0.2, 0.25) is 10.0 Å². The number of hydrogen-bond acceptors (Lipinski definition) is 4. The number of anilines is 1. The lowest BCUT2D eigenvalue weighted by Gasteiger charge is -2.20. The number of nitrogen functional groups attached to an aromatic ring is 1. The van der Waals surface area contributed by atoms with E-state index in [1.165, 1.54) is 0 Å². The van der Waals surface area contributed by atoms with Gasteiger partial charge in [-0.1, -0.05) is 0 Å². The Morgan fingerprint density at radius 1 is 1.28 bits per heavy atom. The number of thioether (sulfide) groups is 1. The van der Waals surface area contributed by atoms with Gasteiger partial charge in [0.05, 0.1) is 4.90 Å². The molecule has 0 amide bonds. The summed E-state index contributed by atoms with van der Waals surface area (Å²) in [5, 5.41) is 0. The highest BCUT2D eigenvalue weighted by atomic mass is 32.2. The second-order valence-electron chi connectivity index (χ2n) is 4.39. The topological polar surface area (TPSA) is 63.4 Å². The number of benzene rings is 1. The number of nitrogens with zero attached hydrogens (tertiary/aromatic N) is 1. The molecule has 0 atom stereocenters. The normalized spacial score (nSPS) is 18.5. The quantitative estimate of drug-likeness (QED) is 0.841. The smallest absolute Gasteiger partial charge is 0.243 e. The van der Waals surface area contributed by atoms with Crippen LogP contribution in [0.3, 0.4) is 0 Å². The van der Waals surface area contributed by atoms with Crippen molar-refractivity contribution in [3.8, 4) is 0 Å². The van der Waals surface area contributed by atoms with E-state index in [2.05, 4.69) is 0 Å². The maximum Gasteiger partial charge on any atom is 0.243 e. The van der Waals surface area contributed by atoms with E-state index < -0.39 is 10.0 Å². The summed E-state index contributed by atoms with van der Waals surface area (Å²) in [6.07, 6.45) is 0.915. The first kappa shape index (κ1) is 13.7. The summed E-state index contributed by atoms with van der Waals surface area (Å²) in [5.74, 6) is 1.90. The van der Waals surface area contributed by atoms with Gasteiger partial charge in [0.1, 0.15) is 0 Å². The van der Waals surface area contributed by atoms with Gasteiger partial charge in [-0.15, -0.1) is 0 Å². The van der Waals surface area contributed by atoms with E-state index in [4.69, 9.17) is 5.73 Å². The van der Waals surface area contributed by atoms with Crippen molar-refractivity contribution < 1.29 is 8.42 Å². The van der Waals surface area contributed by atoms with E-state index in [0.29, 0.717) is 23.7 Å². The second kappa shape index (κ2) is 5.50. The molecular weight excluding hydrogens is 268 g/mol. The molecule has 18 heavy (non-hydrogen) atoms. The minimum Gasteiger partial charge on any atom is -0.399 e. The van der Waals surface area contributed by atoms with Crippen LogP contribution < -0.4 is 5.73 Å². The van der Waals surface area contributed by atoms with E-state index in [-0.39, 0.29) is 0 Å². The third-order valence-corrected chi connectivity index (χ3v) is 6.00. The molecule has 1 aromatic carbocycles. The van der Waals surface area contributed by atoms with Crippen molar-refractivity contribution in [2.75, 3.05) is 30.3 Å². The maximum absolute atomic E-state index is 12.5. The van der Waals surface area contributed by atoms with Crippen LogP contribution in [0.25, 0.3) is 0 Å². The molecule has 2 rings (SSSR count). The zero-order chi connectivity index (χ0) is 13.2. The van der Waals surface area contributed by atoms with Gasteiger partial charge in [-0.3, -0.25) is 0 Å². The highest BCUT2D eigenvalue weighted by Crippen LogP contribution is 2.22. The first-order chi connectivity index (χ1) is 8.51. The third kappa shape index (κ3) is 2.81. The van der Waals surface area contributed by atoms with Crippen molar-refractivity contribution in [3.63, 3.8) is 0 Å². The average molecular weight is 286 g/mol. The molecule has 6 heteroatoms. The SMILES string of the molecule is Cc1cc(S(=O)(=O)N2CCCSCC2)ccc1N. The van der Waals surface area contributed by atoms with Crippen molar-refractivity contribution in [1.29, 1.82) is 0 Å². The minimum atomic E-state index is -3.36. The second-order valence-corrected chi connectivity index (χ2v) is 7.55. The molecule has 4 nitrogen and oxygen atoms in total. The van der Waals surface area contributed by atoms with Crippen LogP contribution in [0.15, 0.2) is 23.1 Å². The molecule has 0 saturated carbocycles. The summed E-state index contributed by atoms with van der Waals surface area (Å²) in [6, 6.07) is 4.91. The van der Waals surface area contributed by atoms with Crippen molar-refractivity contribution in [2.24, 2.45) is 0 Å². The highest BCUT2D eigenvalue weighted by Gasteiger charge is 2.25. The molecule has 0 bridgehead atoms. The minimum absolute atomic E-state index is 0.348. The van der Waals surface area contributed by atoms with Crippen molar-refractivity contribution in [3.05, 3.63) is 23.8 Å². The van der Waals surface area contributed by atoms with Crippen molar-refractivity contribution in [1.82, 2.24) is 4.31 Å². The Balaban J connectivity index is 2.31. The Hall–Kier alpha value is -0.720. The predicted molar refractivity (Wildman–Crippen MR) is 76.3 cm³/mol. The Morgan fingerprint density at radius 3 is 2.78 bits per heavy atom. The maximum atomic E-state index is 12.5. The summed E-state index contributed by atoms with van der Waals surface area (Å²) < 4.78 is 26.5. The van der Waals surface area contributed by atoms with E-state index in [1.807, 2.05) is 18.7 Å². The molecule has 1 fully saturated rings. The van der Waals surface area contributed by atoms with Gasteiger partial charge < -0.3 is 5.73 Å². The molecule has 100 valence electrons. The fraction of sp³-hybridized carbons (Fsp3) is 0.500. The van der Waals surface area contributed by atoms with Gasteiger partial charge in [0.25, 0.3) is 0 Å². The van der Waals surface area contributed by atoms with E-state index in [1.54, 1.807) is 22.5 Å². The Labute approximate surface area is 113 Å². The van der Waals surface area contributed by atoms with Crippen molar-refractivity contribution >= 4 is 27.5 Å². The summed E-state index contributed by atoms with van der Waals surface area (Å²) >= 11 is 1.81. The number of rotatable bonds is 2. The average Bonchev–Trinajstić information content (AvgIpc) is 2.61. The van der Waals surface area contributed by atoms with Crippen LogP contribution in [0.5, 0.6) is 0 Å². The number of nitrogens with two attached hydrogens (primary N) is 1. The highest BCUT2D eigenvalue weighted by molar-refractivity contribution is 7.99. The van der Waals surface area contributed by atoms with Gasteiger partial charge in [-0.25, -0.2) is 8.42 Å². The molecule has 0 aromatic heterocycles. The van der Waals surface area contributed by atoms with E-state index in [9.17, 15) is 8.42 Å². The van der Waals surface area contributed by atoms with Crippen LogP contribution >= 0.6 is 11.8 Å². The zero-order valence-corrected chi connectivity index (χ0v) is 12.1. The van der Waals surface area contributed by atoms with Gasteiger partial charge in [0.15, 0.2) is 0 Å². The molecule has 1 saturated heterocycles. The van der Waals surface area contributed by atoms with E-state index in [0.717, 1.165) is 23.5 Å². The first-order valence-electron chi connectivity index (χ1n) is 5.96. The summed E-state index contributed by atoms with van der Waals surface area (Å²) in [5.41, 5.74) is 7.15. The molecule has 1 heterocycles. The standard InChI is InChI=1S/C12H18N2O2S2/c1-10-9-11(3-4-12(10)13)18(15,16)14-5-2-7-17-8-6-14/h3-4,9H,2,5-8,13H2,1H3. The number of sulfonamides is 1. The number of aryl methyl sites for hydroxylation is 1. The summed E-state index contributed by atoms with van der Waals surface area (Å²) in [6.45, 7) is 3.03. The molecule has 0 unspecified atom stereocenters. The third-order valence-electron chi connectivity index (χ3n) is 3.06. The Bertz CT molecular complexity index is 521. The van der Waals surface area contributed by atoms with Crippen LogP contribution in [0.4, 0.5) is 5.69 Å². The molecule has 0 radical (unpaired) electrons. The molecule has 1 aliphatic heterocycles. The molecule has 2 N–H and O–H groups in total. The summed E-state index contributed by atoms with van der Waals surface area (Å²) in [4.78, 5) is 0.348. The Morgan fingerprint density at radius 2 is 2.06 bits per heavy atom. The first-order valence-corrected chi connectivity index (χ1v) is 8.55. The lowest BCUT2D eigenvalue weighted by atomic mass is 10.2. The molecule has 0 aliphatic carbocycles. The monoisotopic (exact) mass is 286 g/mol. The largest absolute Gasteiger partial charge is 0.399 e. The molecular formula is C12H18N2O2S2. The lowest BCUT2D eigenvalue weighted by Crippen LogP contribution is -2.33. The zero-order valence-electron chi connectivity index (χ0n) is 10.4. The van der Waals surface area contributed by atoms with Crippen LogP contribution in [0.1, 0.15) is 12.0 Å². The number of hydrogen-bond donors (Lipinski definition) is 1. The lowest BCUT2D eigenvalue weighted by molar-refractivity contribution is 0.435. The van der Waals surface area contributed by atoms with Crippen molar-refractivity contribution in [2.45, 2.75) is 18.2 Å². The fourth-order valence-corrected chi connectivity index (χ4v) is 4.49. The van der Waals surface area contributed by atoms with Crippen LogP contribution in [0, 0.1) is 6.92 Å². The van der Waals surface area contributed by atoms with Gasteiger partial charge in [-0.05, 0) is 42.9 Å². The summed E-state index contributed by atoms with van der Waals surface area (Å²) in [7, 11) is -3.36. The van der Waals surface area contributed by atoms with Crippen LogP contribution in [-0.4, -0.2) is 37.3 Å².